The van der Waals surface area contributed by atoms with Crippen molar-refractivity contribution in [3.05, 3.63) is 76.2 Å². The third-order valence-electron chi connectivity index (χ3n) is 4.33. The molecule has 3 aromatic rings. The summed E-state index contributed by atoms with van der Waals surface area (Å²) in [4.78, 5) is 5.77. The summed E-state index contributed by atoms with van der Waals surface area (Å²) in [7, 11) is 1.81. The van der Waals surface area contributed by atoms with Crippen molar-refractivity contribution in [1.29, 1.82) is 0 Å². The van der Waals surface area contributed by atoms with Crippen LogP contribution in [0.1, 0.15) is 22.9 Å². The molecule has 0 aliphatic heterocycles. The number of rotatable bonds is 8. The molecule has 6 heteroatoms. The van der Waals surface area contributed by atoms with E-state index in [9.17, 15) is 0 Å². The summed E-state index contributed by atoms with van der Waals surface area (Å²) < 4.78 is 1.93. The monoisotopic (exact) mass is 381 g/mol. The number of nitrogens with zero attached hydrogens (tertiary/aromatic N) is 3. The number of aromatic nitrogens is 2. The molecule has 0 amide bonds. The quantitative estimate of drug-likeness (QED) is 0.464. The average Bonchev–Trinajstić information content (AvgIpc) is 3.36. The van der Waals surface area contributed by atoms with Crippen molar-refractivity contribution in [2.24, 2.45) is 10.9 Å². The molecule has 142 valence electrons. The fourth-order valence-corrected chi connectivity index (χ4v) is 3.81. The second kappa shape index (κ2) is 9.92. The van der Waals surface area contributed by atoms with Crippen LogP contribution in [-0.2, 0) is 19.5 Å². The lowest BCUT2D eigenvalue weighted by molar-refractivity contribution is 0.562. The number of benzene rings is 1. The van der Waals surface area contributed by atoms with Gasteiger partial charge in [-0.2, -0.15) is 5.10 Å². The van der Waals surface area contributed by atoms with Crippen LogP contribution in [0.25, 0.3) is 0 Å². The summed E-state index contributed by atoms with van der Waals surface area (Å²) in [6, 6.07) is 14.8. The second-order valence-corrected chi connectivity index (χ2v) is 7.75. The second-order valence-electron chi connectivity index (χ2n) is 6.72. The number of hydrogen-bond donors (Lipinski definition) is 2. The van der Waals surface area contributed by atoms with E-state index in [1.807, 2.05) is 35.3 Å². The highest BCUT2D eigenvalue weighted by molar-refractivity contribution is 7.09. The van der Waals surface area contributed by atoms with Crippen molar-refractivity contribution in [3.63, 3.8) is 0 Å². The molecule has 0 aliphatic carbocycles. The normalized spacial score (nSPS) is 12.7. The molecule has 0 fully saturated rings. The zero-order chi connectivity index (χ0) is 18.9. The highest BCUT2D eigenvalue weighted by Crippen LogP contribution is 2.13. The summed E-state index contributed by atoms with van der Waals surface area (Å²) in [5.74, 6) is 1.39. The fraction of sp³-hybridized carbons (Fsp3) is 0.333. The number of aliphatic imine (C=N–C) groups is 1. The summed E-state index contributed by atoms with van der Waals surface area (Å²) in [5, 5.41) is 13.2. The minimum Gasteiger partial charge on any atom is -0.356 e. The van der Waals surface area contributed by atoms with Crippen LogP contribution in [0.5, 0.6) is 0 Å². The summed E-state index contributed by atoms with van der Waals surface area (Å²) >= 11 is 1.82. The smallest absolute Gasteiger partial charge is 0.191 e. The Balaban J connectivity index is 1.46. The topological polar surface area (TPSA) is 54.2 Å². The van der Waals surface area contributed by atoms with E-state index in [4.69, 9.17) is 0 Å². The summed E-state index contributed by atoms with van der Waals surface area (Å²) in [6.45, 7) is 4.69. The van der Waals surface area contributed by atoms with Gasteiger partial charge in [-0.1, -0.05) is 37.3 Å². The van der Waals surface area contributed by atoms with E-state index in [1.54, 1.807) is 6.20 Å². The Morgan fingerprint density at radius 2 is 2.07 bits per heavy atom. The van der Waals surface area contributed by atoms with E-state index in [0.29, 0.717) is 5.92 Å². The Bertz CT molecular complexity index is 824. The first-order valence-electron chi connectivity index (χ1n) is 9.25. The van der Waals surface area contributed by atoms with E-state index < -0.39 is 0 Å². The minimum absolute atomic E-state index is 0.555. The van der Waals surface area contributed by atoms with Gasteiger partial charge in [0, 0.05) is 37.4 Å². The molecule has 1 atom stereocenters. The molecule has 2 aromatic heterocycles. The van der Waals surface area contributed by atoms with Gasteiger partial charge >= 0.3 is 0 Å². The Labute approximate surface area is 165 Å². The fourth-order valence-electron chi connectivity index (χ4n) is 2.94. The standard InChI is InChI=1S/C21H27N5S/c1-17(12-20-8-4-11-27-20)14-23-21(22-2)24-15-18-6-3-7-19(13-18)16-26-10-5-9-25-26/h3-11,13,17H,12,14-16H2,1-2H3,(H2,22,23,24). The van der Waals surface area contributed by atoms with E-state index >= 15 is 0 Å². The zero-order valence-electron chi connectivity index (χ0n) is 15.9. The molecule has 2 heterocycles. The van der Waals surface area contributed by atoms with Gasteiger partial charge in [-0.25, -0.2) is 0 Å². The molecule has 5 nitrogen and oxygen atoms in total. The molecule has 0 bridgehead atoms. The largest absolute Gasteiger partial charge is 0.356 e. The van der Waals surface area contributed by atoms with Crippen LogP contribution in [0.3, 0.4) is 0 Å². The van der Waals surface area contributed by atoms with Crippen molar-refractivity contribution in [1.82, 2.24) is 20.4 Å². The highest BCUT2D eigenvalue weighted by Gasteiger charge is 2.06. The Morgan fingerprint density at radius 3 is 2.81 bits per heavy atom. The lowest BCUT2D eigenvalue weighted by atomic mass is 10.1. The first-order valence-corrected chi connectivity index (χ1v) is 10.1. The van der Waals surface area contributed by atoms with Gasteiger partial charge in [0.05, 0.1) is 6.54 Å². The maximum absolute atomic E-state index is 4.34. The number of hydrogen-bond acceptors (Lipinski definition) is 3. The van der Waals surface area contributed by atoms with Crippen LogP contribution < -0.4 is 10.6 Å². The molecule has 3 rings (SSSR count). The number of guanidine groups is 1. The minimum atomic E-state index is 0.555. The molecule has 1 unspecified atom stereocenters. The van der Waals surface area contributed by atoms with Crippen LogP contribution in [-0.4, -0.2) is 29.3 Å². The van der Waals surface area contributed by atoms with Crippen LogP contribution in [0.2, 0.25) is 0 Å². The van der Waals surface area contributed by atoms with Gasteiger partial charge in [-0.15, -0.1) is 11.3 Å². The lowest BCUT2D eigenvalue weighted by Gasteiger charge is -2.16. The number of thiophene rings is 1. The number of nitrogens with one attached hydrogen (secondary N) is 2. The lowest BCUT2D eigenvalue weighted by Crippen LogP contribution is -2.39. The predicted octanol–water partition coefficient (Wildman–Crippen LogP) is 3.54. The average molecular weight is 382 g/mol. The van der Waals surface area contributed by atoms with E-state index in [2.05, 4.69) is 69.4 Å². The van der Waals surface area contributed by atoms with Gasteiger partial charge < -0.3 is 10.6 Å². The Kier molecular flexibility index (Phi) is 7.04. The van der Waals surface area contributed by atoms with Crippen molar-refractivity contribution in [2.45, 2.75) is 26.4 Å². The Morgan fingerprint density at radius 1 is 1.19 bits per heavy atom. The van der Waals surface area contributed by atoms with Gasteiger partial charge in [0.2, 0.25) is 0 Å². The van der Waals surface area contributed by atoms with Crippen LogP contribution >= 0.6 is 11.3 Å². The molecule has 2 N–H and O–H groups in total. The van der Waals surface area contributed by atoms with Crippen LogP contribution in [0.4, 0.5) is 0 Å². The van der Waals surface area contributed by atoms with Crippen molar-refractivity contribution >= 4 is 17.3 Å². The van der Waals surface area contributed by atoms with Crippen molar-refractivity contribution < 1.29 is 0 Å². The third-order valence-corrected chi connectivity index (χ3v) is 5.23. The zero-order valence-corrected chi connectivity index (χ0v) is 16.7. The molecule has 0 saturated carbocycles. The van der Waals surface area contributed by atoms with E-state index in [1.165, 1.54) is 16.0 Å². The molecule has 27 heavy (non-hydrogen) atoms. The Hall–Kier alpha value is -2.60. The molecular formula is C21H27N5S. The van der Waals surface area contributed by atoms with Gasteiger partial charge in [0.1, 0.15) is 0 Å². The summed E-state index contributed by atoms with van der Waals surface area (Å²) in [6.07, 6.45) is 4.88. The maximum atomic E-state index is 4.34. The van der Waals surface area contributed by atoms with Crippen LogP contribution in [0.15, 0.2) is 65.2 Å². The molecule has 1 aromatic carbocycles. The summed E-state index contributed by atoms with van der Waals surface area (Å²) in [5.41, 5.74) is 2.47. The molecular weight excluding hydrogens is 354 g/mol. The van der Waals surface area contributed by atoms with Gasteiger partial charge in [-0.3, -0.25) is 9.67 Å². The maximum Gasteiger partial charge on any atom is 0.191 e. The van der Waals surface area contributed by atoms with Gasteiger partial charge in [0.15, 0.2) is 5.96 Å². The molecule has 0 saturated heterocycles. The van der Waals surface area contributed by atoms with Crippen molar-refractivity contribution in [2.75, 3.05) is 13.6 Å². The van der Waals surface area contributed by atoms with Crippen LogP contribution in [0, 0.1) is 5.92 Å². The van der Waals surface area contributed by atoms with Gasteiger partial charge in [-0.05, 0) is 41.0 Å². The van der Waals surface area contributed by atoms with E-state index in [0.717, 1.165) is 32.0 Å². The first-order chi connectivity index (χ1) is 13.2. The third kappa shape index (κ3) is 6.25. The predicted molar refractivity (Wildman–Crippen MR) is 113 cm³/mol. The molecule has 0 aliphatic rings. The SMILES string of the molecule is CN=C(NCc1cccc(Cn2cccn2)c1)NCC(C)Cc1cccs1. The molecule has 0 radical (unpaired) electrons. The van der Waals surface area contributed by atoms with Crippen molar-refractivity contribution in [3.8, 4) is 0 Å². The highest BCUT2D eigenvalue weighted by atomic mass is 32.1. The first kappa shape index (κ1) is 19.2. The van der Waals surface area contributed by atoms with E-state index in [-0.39, 0.29) is 0 Å². The molecule has 0 spiro atoms. The van der Waals surface area contributed by atoms with Gasteiger partial charge in [0.25, 0.3) is 0 Å².